The van der Waals surface area contributed by atoms with Crippen molar-refractivity contribution in [3.05, 3.63) is 71.4 Å². The summed E-state index contributed by atoms with van der Waals surface area (Å²) in [5.74, 6) is -0.394. The van der Waals surface area contributed by atoms with Gasteiger partial charge in [0.2, 0.25) is 5.91 Å². The number of halogens is 1. The van der Waals surface area contributed by atoms with E-state index < -0.39 is 0 Å². The normalized spacial score (nSPS) is 10.6. The van der Waals surface area contributed by atoms with Crippen LogP contribution >= 0.6 is 23.1 Å². The Labute approximate surface area is 174 Å². The monoisotopic (exact) mass is 420 g/mol. The number of nitrogens with zero attached hydrogens (tertiary/aromatic N) is 3. The van der Waals surface area contributed by atoms with Crippen molar-refractivity contribution < 1.29 is 9.18 Å². The van der Waals surface area contributed by atoms with Gasteiger partial charge < -0.3 is 5.32 Å². The lowest BCUT2D eigenvalue weighted by molar-refractivity contribution is -0.113. The Morgan fingerprint density at radius 1 is 1.10 bits per heavy atom. The standard InChI is InChI=1S/C21H13FN4OS2/c22-15-7-5-13(6-8-15)19-16-3-1-2-4-17(16)21(26-25-19)29-12-18(27)24-20-14(11-23)9-10-28-20/h1-10H,12H2,(H,24,27). The minimum Gasteiger partial charge on any atom is -0.316 e. The molecule has 8 heteroatoms. The van der Waals surface area contributed by atoms with Crippen LogP contribution in [0.1, 0.15) is 5.56 Å². The number of nitrogens with one attached hydrogen (secondary N) is 1. The number of hydrogen-bond acceptors (Lipinski definition) is 6. The first-order valence-corrected chi connectivity index (χ1v) is 10.4. The summed E-state index contributed by atoms with van der Waals surface area (Å²) >= 11 is 2.58. The third kappa shape index (κ3) is 4.11. The summed E-state index contributed by atoms with van der Waals surface area (Å²) in [6.45, 7) is 0. The Kier molecular flexibility index (Phi) is 5.51. The van der Waals surface area contributed by atoms with Gasteiger partial charge in [-0.05, 0) is 35.7 Å². The molecule has 0 radical (unpaired) electrons. The van der Waals surface area contributed by atoms with Crippen LogP contribution in [0.5, 0.6) is 0 Å². The molecule has 0 aliphatic rings. The summed E-state index contributed by atoms with van der Waals surface area (Å²) in [7, 11) is 0. The molecule has 4 rings (SSSR count). The number of thioether (sulfide) groups is 1. The summed E-state index contributed by atoms with van der Waals surface area (Å²) in [6, 6.07) is 17.5. The number of aromatic nitrogens is 2. The first-order valence-electron chi connectivity index (χ1n) is 8.57. The number of carbonyl (C=O) groups excluding carboxylic acids is 1. The van der Waals surface area contributed by atoms with E-state index in [1.807, 2.05) is 30.3 Å². The second-order valence-corrected chi connectivity index (χ2v) is 7.90. The highest BCUT2D eigenvalue weighted by atomic mass is 32.2. The van der Waals surface area contributed by atoms with Gasteiger partial charge in [-0.15, -0.1) is 21.5 Å². The molecule has 1 N–H and O–H groups in total. The molecule has 2 aromatic carbocycles. The van der Waals surface area contributed by atoms with Crippen LogP contribution in [0.25, 0.3) is 22.0 Å². The predicted molar refractivity (Wildman–Crippen MR) is 113 cm³/mol. The topological polar surface area (TPSA) is 78.7 Å². The first kappa shape index (κ1) is 19.1. The maximum absolute atomic E-state index is 13.2. The number of anilines is 1. The van der Waals surface area contributed by atoms with Crippen molar-refractivity contribution in [1.29, 1.82) is 5.26 Å². The number of fused-ring (bicyclic) bond motifs is 1. The zero-order chi connectivity index (χ0) is 20.2. The van der Waals surface area contributed by atoms with Gasteiger partial charge in [0.15, 0.2) is 0 Å². The van der Waals surface area contributed by atoms with Crippen molar-refractivity contribution in [2.24, 2.45) is 0 Å². The Bertz CT molecular complexity index is 1230. The molecular weight excluding hydrogens is 407 g/mol. The highest BCUT2D eigenvalue weighted by Gasteiger charge is 2.14. The van der Waals surface area contributed by atoms with Crippen LogP contribution < -0.4 is 5.32 Å². The van der Waals surface area contributed by atoms with Crippen LogP contribution in [0.4, 0.5) is 9.39 Å². The lowest BCUT2D eigenvalue weighted by Crippen LogP contribution is -2.14. The average Bonchev–Trinajstić information content (AvgIpc) is 3.19. The molecule has 0 spiro atoms. The number of benzene rings is 2. The molecule has 0 aliphatic carbocycles. The summed E-state index contributed by atoms with van der Waals surface area (Å²) in [6.07, 6.45) is 0. The quantitative estimate of drug-likeness (QED) is 0.455. The molecule has 0 saturated heterocycles. The Hall–Kier alpha value is -3.28. The summed E-state index contributed by atoms with van der Waals surface area (Å²) in [5.41, 5.74) is 1.88. The van der Waals surface area contributed by atoms with E-state index in [0.29, 0.717) is 21.3 Å². The number of nitriles is 1. The van der Waals surface area contributed by atoms with Crippen molar-refractivity contribution in [2.75, 3.05) is 11.1 Å². The first-order chi connectivity index (χ1) is 14.2. The maximum Gasteiger partial charge on any atom is 0.235 e. The van der Waals surface area contributed by atoms with E-state index in [1.54, 1.807) is 23.6 Å². The molecule has 142 valence electrons. The van der Waals surface area contributed by atoms with Crippen molar-refractivity contribution in [2.45, 2.75) is 5.03 Å². The van der Waals surface area contributed by atoms with Gasteiger partial charge in [-0.1, -0.05) is 36.0 Å². The fraction of sp³-hybridized carbons (Fsp3) is 0.0476. The highest BCUT2D eigenvalue weighted by Crippen LogP contribution is 2.32. The van der Waals surface area contributed by atoms with Crippen molar-refractivity contribution in [1.82, 2.24) is 10.2 Å². The second-order valence-electron chi connectivity index (χ2n) is 6.02. The molecule has 5 nitrogen and oxygen atoms in total. The van der Waals surface area contributed by atoms with Crippen LogP contribution in [0.2, 0.25) is 0 Å². The van der Waals surface area contributed by atoms with E-state index in [2.05, 4.69) is 15.5 Å². The van der Waals surface area contributed by atoms with E-state index in [1.165, 1.54) is 35.2 Å². The Morgan fingerprint density at radius 2 is 1.86 bits per heavy atom. The predicted octanol–water partition coefficient (Wildman–Crippen LogP) is 5.10. The van der Waals surface area contributed by atoms with Gasteiger partial charge >= 0.3 is 0 Å². The van der Waals surface area contributed by atoms with Gasteiger partial charge in [0.25, 0.3) is 0 Å². The minimum absolute atomic E-state index is 0.136. The molecule has 29 heavy (non-hydrogen) atoms. The minimum atomic E-state index is -0.311. The van der Waals surface area contributed by atoms with E-state index >= 15 is 0 Å². The maximum atomic E-state index is 13.2. The van der Waals surface area contributed by atoms with Crippen LogP contribution in [-0.2, 0) is 4.79 Å². The molecule has 0 unspecified atom stereocenters. The average molecular weight is 420 g/mol. The third-order valence-electron chi connectivity index (χ3n) is 4.15. The fourth-order valence-electron chi connectivity index (χ4n) is 2.80. The number of amides is 1. The Balaban J connectivity index is 1.57. The van der Waals surface area contributed by atoms with Crippen LogP contribution in [0, 0.1) is 17.1 Å². The largest absolute Gasteiger partial charge is 0.316 e. The number of carbonyl (C=O) groups is 1. The summed E-state index contributed by atoms with van der Waals surface area (Å²) < 4.78 is 13.2. The molecule has 0 saturated carbocycles. The van der Waals surface area contributed by atoms with E-state index in [-0.39, 0.29) is 17.5 Å². The molecule has 0 aliphatic heterocycles. The molecule has 2 aromatic heterocycles. The van der Waals surface area contributed by atoms with E-state index in [0.717, 1.165) is 16.3 Å². The zero-order valence-corrected chi connectivity index (χ0v) is 16.6. The smallest absolute Gasteiger partial charge is 0.235 e. The molecule has 0 bridgehead atoms. The Morgan fingerprint density at radius 3 is 2.62 bits per heavy atom. The lowest BCUT2D eigenvalue weighted by Gasteiger charge is -2.09. The highest BCUT2D eigenvalue weighted by molar-refractivity contribution is 8.00. The second kappa shape index (κ2) is 8.39. The van der Waals surface area contributed by atoms with Crippen molar-refractivity contribution in [3.63, 3.8) is 0 Å². The third-order valence-corrected chi connectivity index (χ3v) is 5.96. The van der Waals surface area contributed by atoms with Crippen LogP contribution in [0.15, 0.2) is 65.0 Å². The van der Waals surface area contributed by atoms with Gasteiger partial charge in [0, 0.05) is 16.3 Å². The van der Waals surface area contributed by atoms with Gasteiger partial charge in [-0.3, -0.25) is 4.79 Å². The molecule has 2 heterocycles. The van der Waals surface area contributed by atoms with Gasteiger partial charge in [0.05, 0.1) is 11.3 Å². The van der Waals surface area contributed by atoms with Crippen molar-refractivity contribution >= 4 is 44.8 Å². The molecule has 1 amide bonds. The van der Waals surface area contributed by atoms with Crippen LogP contribution in [-0.4, -0.2) is 21.9 Å². The van der Waals surface area contributed by atoms with Gasteiger partial charge in [-0.25, -0.2) is 4.39 Å². The number of thiophene rings is 1. The summed E-state index contributed by atoms with van der Waals surface area (Å²) in [4.78, 5) is 12.3. The lowest BCUT2D eigenvalue weighted by atomic mass is 10.1. The van der Waals surface area contributed by atoms with E-state index in [9.17, 15) is 9.18 Å². The van der Waals surface area contributed by atoms with Crippen LogP contribution in [0.3, 0.4) is 0 Å². The van der Waals surface area contributed by atoms with Gasteiger partial charge in [0.1, 0.15) is 27.6 Å². The van der Waals surface area contributed by atoms with Crippen molar-refractivity contribution in [3.8, 4) is 17.3 Å². The molecule has 0 atom stereocenters. The van der Waals surface area contributed by atoms with Gasteiger partial charge in [-0.2, -0.15) is 5.26 Å². The molecule has 4 aromatic rings. The summed E-state index contributed by atoms with van der Waals surface area (Å²) in [5, 5.41) is 25.1. The fourth-order valence-corrected chi connectivity index (χ4v) is 4.32. The SMILES string of the molecule is N#Cc1ccsc1NC(=O)CSc1nnc(-c2ccc(F)cc2)c2ccccc12. The van der Waals surface area contributed by atoms with E-state index in [4.69, 9.17) is 5.26 Å². The number of rotatable bonds is 5. The zero-order valence-electron chi connectivity index (χ0n) is 14.9. The number of hydrogen-bond donors (Lipinski definition) is 1. The molecule has 0 fully saturated rings. The molecular formula is C21H13FN4OS2.